The number of rotatable bonds is 9. The normalized spacial score (nSPS) is 11.9. The second-order valence-electron chi connectivity index (χ2n) is 8.44. The number of nitrogens with zero attached hydrogens (tertiary/aromatic N) is 4. The molecule has 2 N–H and O–H groups in total. The molecule has 0 atom stereocenters. The van der Waals surface area contributed by atoms with E-state index in [1.54, 1.807) is 56.3 Å². The number of hydrogen-bond acceptors (Lipinski definition) is 5. The number of nitrogens with one attached hydrogen (secondary N) is 2. The molecule has 0 bridgehead atoms. The second-order valence-corrected chi connectivity index (χ2v) is 8.44. The molecule has 1 amide bonds. The largest absolute Gasteiger partial charge is 0.449 e. The second kappa shape index (κ2) is 9.77. The Bertz CT molecular complexity index is 1410. The minimum Gasteiger partial charge on any atom is -0.357 e. The molecule has 0 spiro atoms. The first-order chi connectivity index (χ1) is 16.7. The molecule has 184 valence electrons. The summed E-state index contributed by atoms with van der Waals surface area (Å²) in [7, 11) is 0. The Kier molecular flexibility index (Phi) is 6.77. The molecule has 0 saturated carbocycles. The zero-order valence-electron chi connectivity index (χ0n) is 19.3. The van der Waals surface area contributed by atoms with Crippen molar-refractivity contribution in [3.05, 3.63) is 64.2 Å². The molecule has 2 aromatic heterocycles. The summed E-state index contributed by atoms with van der Waals surface area (Å²) in [5.74, 6) is -0.565. The zero-order valence-corrected chi connectivity index (χ0v) is 19.3. The number of aromatic nitrogens is 4. The minimum absolute atomic E-state index is 0.273. The summed E-state index contributed by atoms with van der Waals surface area (Å²) in [6.45, 7) is 4.49. The van der Waals surface area contributed by atoms with E-state index < -0.39 is 18.0 Å². The van der Waals surface area contributed by atoms with Gasteiger partial charge in [-0.05, 0) is 50.1 Å². The predicted molar refractivity (Wildman–Crippen MR) is 127 cm³/mol. The van der Waals surface area contributed by atoms with E-state index in [0.717, 1.165) is 5.56 Å². The summed E-state index contributed by atoms with van der Waals surface area (Å²) >= 11 is 0. The fourth-order valence-electron chi connectivity index (χ4n) is 4.09. The van der Waals surface area contributed by atoms with Crippen LogP contribution in [-0.2, 0) is 17.4 Å². The molecule has 0 aliphatic heterocycles. The van der Waals surface area contributed by atoms with Gasteiger partial charge in [0, 0.05) is 25.7 Å². The van der Waals surface area contributed by atoms with E-state index in [2.05, 4.69) is 20.3 Å². The molecule has 4 aromatic rings. The van der Waals surface area contributed by atoms with Crippen molar-refractivity contribution in [1.82, 2.24) is 24.8 Å². The molecule has 8 nitrogen and oxygen atoms in total. The van der Waals surface area contributed by atoms with Crippen LogP contribution in [0.5, 0.6) is 0 Å². The fourth-order valence-corrected chi connectivity index (χ4v) is 4.09. The summed E-state index contributed by atoms with van der Waals surface area (Å²) in [6.07, 6.45) is -3.51. The highest BCUT2D eigenvalue weighted by Gasteiger charge is 2.38. The van der Waals surface area contributed by atoms with E-state index in [0.29, 0.717) is 54.8 Å². The van der Waals surface area contributed by atoms with E-state index in [1.165, 1.54) is 4.57 Å². The zero-order chi connectivity index (χ0) is 25.2. The predicted octanol–water partition coefficient (Wildman–Crippen LogP) is 3.67. The van der Waals surface area contributed by atoms with Crippen LogP contribution >= 0.6 is 0 Å². The lowest BCUT2D eigenvalue weighted by Gasteiger charge is -2.23. The average Bonchev–Trinajstić information content (AvgIpc) is 3.21. The number of anilines is 1. The number of H-pyrrole nitrogens is 1. The number of amides is 1. The van der Waals surface area contributed by atoms with Gasteiger partial charge in [0.25, 0.3) is 5.56 Å². The van der Waals surface area contributed by atoms with Gasteiger partial charge in [0.2, 0.25) is 18.2 Å². The molecule has 11 heteroatoms. The summed E-state index contributed by atoms with van der Waals surface area (Å²) in [5, 5.41) is 3.06. The van der Waals surface area contributed by atoms with Crippen molar-refractivity contribution < 1.29 is 18.0 Å². The van der Waals surface area contributed by atoms with E-state index in [9.17, 15) is 22.8 Å². The van der Waals surface area contributed by atoms with E-state index in [-0.39, 0.29) is 11.1 Å². The molecule has 2 heterocycles. The van der Waals surface area contributed by atoms with Gasteiger partial charge in [0.15, 0.2) is 0 Å². The molecule has 0 fully saturated rings. The number of halogens is 3. The van der Waals surface area contributed by atoms with Gasteiger partial charge in [-0.3, -0.25) is 14.6 Å². The van der Waals surface area contributed by atoms with Crippen LogP contribution < -0.4 is 15.8 Å². The van der Waals surface area contributed by atoms with Gasteiger partial charge in [-0.25, -0.2) is 9.97 Å². The molecule has 0 unspecified atom stereocenters. The van der Waals surface area contributed by atoms with Crippen molar-refractivity contribution in [2.75, 3.05) is 24.5 Å². The molecular formula is C24H25F3N6O2. The van der Waals surface area contributed by atoms with Gasteiger partial charge in [0.05, 0.1) is 21.9 Å². The number of fused-ring (bicyclic) bond motifs is 2. The monoisotopic (exact) mass is 486 g/mol. The number of imidazole rings is 1. The maximum absolute atomic E-state index is 13.5. The molecule has 35 heavy (non-hydrogen) atoms. The number of para-hydroxylation sites is 1. The van der Waals surface area contributed by atoms with Crippen LogP contribution in [0.2, 0.25) is 0 Å². The highest BCUT2D eigenvalue weighted by Crippen LogP contribution is 2.34. The van der Waals surface area contributed by atoms with Crippen LogP contribution in [0.15, 0.2) is 47.3 Å². The van der Waals surface area contributed by atoms with Crippen molar-refractivity contribution in [3.63, 3.8) is 0 Å². The summed E-state index contributed by atoms with van der Waals surface area (Å²) < 4.78 is 41.8. The highest BCUT2D eigenvalue weighted by atomic mass is 19.4. The highest BCUT2D eigenvalue weighted by molar-refractivity contribution is 5.78. The third kappa shape index (κ3) is 5.13. The maximum atomic E-state index is 13.5. The Balaban J connectivity index is 1.63. The molecule has 0 saturated heterocycles. The first-order valence-electron chi connectivity index (χ1n) is 11.2. The number of aromatic amines is 1. The first kappa shape index (κ1) is 24.2. The van der Waals surface area contributed by atoms with Gasteiger partial charge in [-0.1, -0.05) is 18.2 Å². The van der Waals surface area contributed by atoms with Gasteiger partial charge >= 0.3 is 6.18 Å². The SMILES string of the molecule is CC(C)n1c(C(F)(F)F)nc2cc(CCN(CCNC=O)c3nc4ccccc4c(=O)[nH]3)ccc21. The Morgan fingerprint density at radius 3 is 2.60 bits per heavy atom. The first-order valence-corrected chi connectivity index (χ1v) is 11.2. The Morgan fingerprint density at radius 2 is 1.89 bits per heavy atom. The van der Waals surface area contributed by atoms with Crippen LogP contribution in [0.4, 0.5) is 19.1 Å². The number of carbonyl (C=O) groups excluding carboxylic acids is 1. The van der Waals surface area contributed by atoms with Crippen molar-refractivity contribution >= 4 is 34.3 Å². The van der Waals surface area contributed by atoms with E-state index >= 15 is 0 Å². The summed E-state index contributed by atoms with van der Waals surface area (Å²) in [4.78, 5) is 36.3. The summed E-state index contributed by atoms with van der Waals surface area (Å²) in [6, 6.07) is 11.7. The quantitative estimate of drug-likeness (QED) is 0.278. The number of carbonyl (C=O) groups is 1. The van der Waals surface area contributed by atoms with Crippen LogP contribution in [0, 0.1) is 0 Å². The lowest BCUT2D eigenvalue weighted by atomic mass is 10.1. The Morgan fingerprint density at radius 1 is 1.11 bits per heavy atom. The van der Waals surface area contributed by atoms with Crippen molar-refractivity contribution in [1.29, 1.82) is 0 Å². The van der Waals surface area contributed by atoms with Gasteiger partial charge in [0.1, 0.15) is 0 Å². The van der Waals surface area contributed by atoms with E-state index in [1.807, 2.05) is 4.90 Å². The van der Waals surface area contributed by atoms with Crippen LogP contribution in [0.1, 0.15) is 31.3 Å². The smallest absolute Gasteiger partial charge is 0.357 e. The third-order valence-corrected chi connectivity index (χ3v) is 5.70. The molecule has 0 aliphatic carbocycles. The number of alkyl halides is 3. The Hall–Kier alpha value is -3.89. The van der Waals surface area contributed by atoms with Crippen LogP contribution in [0.25, 0.3) is 21.9 Å². The third-order valence-electron chi connectivity index (χ3n) is 5.70. The van der Waals surface area contributed by atoms with Crippen LogP contribution in [0.3, 0.4) is 0 Å². The van der Waals surface area contributed by atoms with Gasteiger partial charge in [-0.2, -0.15) is 13.2 Å². The van der Waals surface area contributed by atoms with Crippen LogP contribution in [-0.4, -0.2) is 45.6 Å². The van der Waals surface area contributed by atoms with Gasteiger partial charge < -0.3 is 14.8 Å². The fraction of sp³-hybridized carbons (Fsp3) is 0.333. The van der Waals surface area contributed by atoms with E-state index in [4.69, 9.17) is 0 Å². The molecular weight excluding hydrogens is 461 g/mol. The molecule has 0 aliphatic rings. The molecule has 4 rings (SSSR count). The van der Waals surface area contributed by atoms with Crippen molar-refractivity contribution in [2.45, 2.75) is 32.5 Å². The average molecular weight is 486 g/mol. The molecule has 0 radical (unpaired) electrons. The Labute approximate surface area is 198 Å². The number of benzene rings is 2. The number of hydrogen-bond donors (Lipinski definition) is 2. The van der Waals surface area contributed by atoms with Gasteiger partial charge in [-0.15, -0.1) is 0 Å². The summed E-state index contributed by atoms with van der Waals surface area (Å²) in [5.41, 5.74) is 1.74. The lowest BCUT2D eigenvalue weighted by molar-refractivity contribution is -0.147. The lowest BCUT2D eigenvalue weighted by Crippen LogP contribution is -2.35. The molecule has 2 aromatic carbocycles. The standard InChI is InChI=1S/C24H25F3N6O2/c1-15(2)33-20-8-7-16(13-19(20)29-22(33)24(25,26)27)9-11-32(12-10-28-14-34)23-30-18-6-4-3-5-17(18)21(35)31-23/h3-8,13-15H,9-12H2,1-2H3,(H,28,34)(H,30,31,35). The van der Waals surface area contributed by atoms with Crippen molar-refractivity contribution in [2.24, 2.45) is 0 Å². The topological polar surface area (TPSA) is 95.9 Å². The van der Waals surface area contributed by atoms with Crippen molar-refractivity contribution in [3.8, 4) is 0 Å². The maximum Gasteiger partial charge on any atom is 0.449 e. The minimum atomic E-state index is -4.56.